The third-order valence-electron chi connectivity index (χ3n) is 5.12. The predicted molar refractivity (Wildman–Crippen MR) is 121 cm³/mol. The normalized spacial score (nSPS) is 10.7. The molecule has 0 fully saturated rings. The van der Waals surface area contributed by atoms with Gasteiger partial charge in [0.1, 0.15) is 11.5 Å². The van der Waals surface area contributed by atoms with Crippen LogP contribution in [0.4, 0.5) is 0 Å². The van der Waals surface area contributed by atoms with Gasteiger partial charge in [-0.3, -0.25) is 0 Å². The van der Waals surface area contributed by atoms with Crippen molar-refractivity contribution in [2.75, 3.05) is 14.2 Å². The molecular formula is C26H24N2O2. The number of aryl methyl sites for hydroxylation is 2. The van der Waals surface area contributed by atoms with E-state index in [9.17, 15) is 0 Å². The van der Waals surface area contributed by atoms with Gasteiger partial charge in [0, 0.05) is 16.7 Å². The highest BCUT2D eigenvalue weighted by atomic mass is 16.5. The molecule has 1 heterocycles. The zero-order chi connectivity index (χ0) is 21.1. The van der Waals surface area contributed by atoms with Gasteiger partial charge in [0.25, 0.3) is 0 Å². The van der Waals surface area contributed by atoms with Crippen LogP contribution in [0.1, 0.15) is 11.3 Å². The molecule has 0 aliphatic heterocycles. The molecule has 30 heavy (non-hydrogen) atoms. The van der Waals surface area contributed by atoms with Crippen molar-refractivity contribution in [3.63, 3.8) is 0 Å². The molecule has 4 heteroatoms. The summed E-state index contributed by atoms with van der Waals surface area (Å²) in [5.41, 5.74) is 7.72. The van der Waals surface area contributed by atoms with Crippen LogP contribution in [0.5, 0.6) is 11.5 Å². The van der Waals surface area contributed by atoms with E-state index in [2.05, 4.69) is 31.2 Å². The van der Waals surface area contributed by atoms with Crippen molar-refractivity contribution in [3.05, 3.63) is 84.1 Å². The molecule has 4 nitrogen and oxygen atoms in total. The molecule has 0 saturated heterocycles. The molecule has 1 aromatic heterocycles. The Morgan fingerprint density at radius 2 is 0.900 bits per heavy atom. The number of hydrogen-bond acceptors (Lipinski definition) is 4. The van der Waals surface area contributed by atoms with Gasteiger partial charge in [-0.2, -0.15) is 0 Å². The molecule has 4 aromatic rings. The van der Waals surface area contributed by atoms with Crippen LogP contribution in [0.25, 0.3) is 33.8 Å². The lowest BCUT2D eigenvalue weighted by molar-refractivity contribution is 0.414. The van der Waals surface area contributed by atoms with Crippen LogP contribution in [0.2, 0.25) is 0 Å². The smallest absolute Gasteiger partial charge is 0.118 e. The maximum absolute atomic E-state index is 5.31. The summed E-state index contributed by atoms with van der Waals surface area (Å²) in [6.45, 7) is 4.08. The number of rotatable bonds is 5. The molecule has 0 atom stereocenters. The molecule has 0 radical (unpaired) electrons. The van der Waals surface area contributed by atoms with Gasteiger partial charge in [-0.05, 0) is 62.4 Å². The van der Waals surface area contributed by atoms with E-state index < -0.39 is 0 Å². The van der Waals surface area contributed by atoms with Crippen molar-refractivity contribution in [2.45, 2.75) is 13.8 Å². The van der Waals surface area contributed by atoms with Crippen molar-refractivity contribution in [1.82, 2.24) is 9.97 Å². The molecule has 4 rings (SSSR count). The average molecular weight is 396 g/mol. The highest BCUT2D eigenvalue weighted by Gasteiger charge is 2.16. The predicted octanol–water partition coefficient (Wildman–Crippen LogP) is 6.11. The summed E-state index contributed by atoms with van der Waals surface area (Å²) in [5.74, 6) is 1.63. The van der Waals surface area contributed by atoms with Crippen molar-refractivity contribution in [2.24, 2.45) is 0 Å². The van der Waals surface area contributed by atoms with Crippen molar-refractivity contribution < 1.29 is 9.47 Å². The Balaban J connectivity index is 1.90. The van der Waals surface area contributed by atoms with Gasteiger partial charge in [0.15, 0.2) is 0 Å². The lowest BCUT2D eigenvalue weighted by Gasteiger charge is -2.14. The first-order valence-corrected chi connectivity index (χ1v) is 9.83. The minimum Gasteiger partial charge on any atom is -0.497 e. The molecule has 0 amide bonds. The number of nitrogens with zero attached hydrogens (tertiary/aromatic N) is 2. The van der Waals surface area contributed by atoms with Gasteiger partial charge < -0.3 is 9.47 Å². The lowest BCUT2D eigenvalue weighted by Crippen LogP contribution is -2.00. The molecular weight excluding hydrogens is 372 g/mol. The molecule has 150 valence electrons. The highest BCUT2D eigenvalue weighted by molar-refractivity contribution is 5.80. The summed E-state index contributed by atoms with van der Waals surface area (Å²) in [6, 6.07) is 24.2. The molecule has 0 N–H and O–H groups in total. The number of hydrogen-bond donors (Lipinski definition) is 0. The summed E-state index contributed by atoms with van der Waals surface area (Å²) in [6.07, 6.45) is 0. The third-order valence-corrected chi connectivity index (χ3v) is 5.12. The Bertz CT molecular complexity index is 1150. The van der Waals surface area contributed by atoms with E-state index in [0.29, 0.717) is 0 Å². The van der Waals surface area contributed by atoms with Gasteiger partial charge in [-0.25, -0.2) is 9.97 Å². The minimum absolute atomic E-state index is 0.815. The van der Waals surface area contributed by atoms with Crippen molar-refractivity contribution >= 4 is 0 Å². The third kappa shape index (κ3) is 3.90. The topological polar surface area (TPSA) is 44.2 Å². The zero-order valence-electron chi connectivity index (χ0n) is 17.6. The van der Waals surface area contributed by atoms with E-state index in [0.717, 1.165) is 51.0 Å². The Morgan fingerprint density at radius 1 is 0.500 bits per heavy atom. The number of aromatic nitrogens is 2. The largest absolute Gasteiger partial charge is 0.497 e. The lowest BCUT2D eigenvalue weighted by atomic mass is 10.0. The second kappa shape index (κ2) is 8.37. The molecule has 0 bridgehead atoms. The van der Waals surface area contributed by atoms with Gasteiger partial charge in [0.05, 0.1) is 37.0 Å². The molecule has 0 aliphatic rings. The van der Waals surface area contributed by atoms with Crippen LogP contribution < -0.4 is 9.47 Å². The summed E-state index contributed by atoms with van der Waals surface area (Å²) in [4.78, 5) is 10.1. The Labute approximate surface area is 177 Å². The van der Waals surface area contributed by atoms with Crippen LogP contribution in [-0.4, -0.2) is 24.2 Å². The van der Waals surface area contributed by atoms with Gasteiger partial charge in [0.2, 0.25) is 0 Å². The summed E-state index contributed by atoms with van der Waals surface area (Å²) in [5, 5.41) is 0. The Hall–Kier alpha value is -3.66. The first-order chi connectivity index (χ1) is 14.6. The zero-order valence-corrected chi connectivity index (χ0v) is 17.6. The van der Waals surface area contributed by atoms with E-state index in [4.69, 9.17) is 19.4 Å². The van der Waals surface area contributed by atoms with E-state index >= 15 is 0 Å². The Kier molecular flexibility index (Phi) is 5.48. The maximum atomic E-state index is 5.31. The fraction of sp³-hybridized carbons (Fsp3) is 0.154. The molecule has 0 saturated carbocycles. The summed E-state index contributed by atoms with van der Waals surface area (Å²) < 4.78 is 10.6. The van der Waals surface area contributed by atoms with Crippen molar-refractivity contribution in [3.8, 4) is 45.3 Å². The van der Waals surface area contributed by atoms with E-state index in [-0.39, 0.29) is 0 Å². The first kappa shape index (κ1) is 19.6. The SMILES string of the molecule is COc1ccc(-c2nc(-c3ccc(C)cc3)c(-c3ccc(OC)cc3)nc2C)cc1. The van der Waals surface area contributed by atoms with Gasteiger partial charge >= 0.3 is 0 Å². The van der Waals surface area contributed by atoms with E-state index in [1.165, 1.54) is 5.56 Å². The fourth-order valence-corrected chi connectivity index (χ4v) is 3.40. The van der Waals surface area contributed by atoms with Crippen LogP contribution in [-0.2, 0) is 0 Å². The fourth-order valence-electron chi connectivity index (χ4n) is 3.40. The standard InChI is InChI=1S/C26H24N2O2/c1-17-5-7-20(8-6-17)26-25(21-11-15-23(30-4)16-12-21)27-18(2)24(28-26)19-9-13-22(29-3)14-10-19/h5-16H,1-4H3. The minimum atomic E-state index is 0.815. The number of ether oxygens (including phenoxy) is 2. The molecule has 0 aliphatic carbocycles. The second-order valence-corrected chi connectivity index (χ2v) is 7.18. The van der Waals surface area contributed by atoms with Crippen LogP contribution in [0.15, 0.2) is 72.8 Å². The number of methoxy groups -OCH3 is 2. The van der Waals surface area contributed by atoms with Crippen LogP contribution in [0.3, 0.4) is 0 Å². The summed E-state index contributed by atoms with van der Waals surface area (Å²) in [7, 11) is 3.33. The van der Waals surface area contributed by atoms with Crippen molar-refractivity contribution in [1.29, 1.82) is 0 Å². The quantitative estimate of drug-likeness (QED) is 0.408. The van der Waals surface area contributed by atoms with E-state index in [1.807, 2.05) is 55.5 Å². The first-order valence-electron chi connectivity index (χ1n) is 9.83. The molecule has 3 aromatic carbocycles. The second-order valence-electron chi connectivity index (χ2n) is 7.18. The van der Waals surface area contributed by atoms with Gasteiger partial charge in [-0.1, -0.05) is 29.8 Å². The van der Waals surface area contributed by atoms with Gasteiger partial charge in [-0.15, -0.1) is 0 Å². The van der Waals surface area contributed by atoms with E-state index in [1.54, 1.807) is 14.2 Å². The monoisotopic (exact) mass is 396 g/mol. The van der Waals surface area contributed by atoms with Crippen LogP contribution in [0, 0.1) is 13.8 Å². The maximum Gasteiger partial charge on any atom is 0.118 e. The molecule has 0 spiro atoms. The highest BCUT2D eigenvalue weighted by Crippen LogP contribution is 2.34. The molecule has 0 unspecified atom stereocenters. The number of benzene rings is 3. The summed E-state index contributed by atoms with van der Waals surface area (Å²) >= 11 is 0. The van der Waals surface area contributed by atoms with Crippen LogP contribution >= 0.6 is 0 Å². The average Bonchev–Trinajstić information content (AvgIpc) is 2.80. The Morgan fingerprint density at radius 3 is 1.37 bits per heavy atom.